The molecule has 2 aromatic carbocycles. The van der Waals surface area contributed by atoms with Crippen LogP contribution in [0.3, 0.4) is 0 Å². The van der Waals surface area contributed by atoms with Crippen LogP contribution in [0.15, 0.2) is 53.3 Å². The van der Waals surface area contributed by atoms with Crippen molar-refractivity contribution in [2.45, 2.75) is 13.0 Å². The number of pyridine rings is 1. The van der Waals surface area contributed by atoms with Crippen molar-refractivity contribution < 1.29 is 9.53 Å². The van der Waals surface area contributed by atoms with E-state index in [9.17, 15) is 9.59 Å². The SMILES string of the molecule is COC(=O)Nc1cccc(NC(C)c2cc3cc(Cl)ccc3[nH]c2=O)c1. The molecule has 6 nitrogen and oxygen atoms in total. The number of aromatic nitrogens is 1. The average Bonchev–Trinajstić information content (AvgIpc) is 2.61. The molecule has 1 heterocycles. The fraction of sp³-hybridized carbons (Fsp3) is 0.158. The number of H-pyrrole nitrogens is 1. The van der Waals surface area contributed by atoms with Gasteiger partial charge in [0.25, 0.3) is 5.56 Å². The lowest BCUT2D eigenvalue weighted by Gasteiger charge is -2.16. The van der Waals surface area contributed by atoms with E-state index >= 15 is 0 Å². The molecule has 0 aliphatic rings. The number of halogens is 1. The van der Waals surface area contributed by atoms with E-state index < -0.39 is 6.09 Å². The van der Waals surface area contributed by atoms with E-state index in [-0.39, 0.29) is 11.6 Å². The summed E-state index contributed by atoms with van der Waals surface area (Å²) in [6.45, 7) is 1.89. The number of methoxy groups -OCH3 is 1. The first-order valence-corrected chi connectivity index (χ1v) is 8.38. The van der Waals surface area contributed by atoms with Gasteiger partial charge in [-0.2, -0.15) is 0 Å². The topological polar surface area (TPSA) is 83.2 Å². The largest absolute Gasteiger partial charge is 0.453 e. The van der Waals surface area contributed by atoms with Crippen molar-refractivity contribution in [3.63, 3.8) is 0 Å². The summed E-state index contributed by atoms with van der Waals surface area (Å²) in [4.78, 5) is 26.6. The van der Waals surface area contributed by atoms with Crippen molar-refractivity contribution in [1.82, 2.24) is 4.98 Å². The molecule has 0 aliphatic heterocycles. The van der Waals surface area contributed by atoms with E-state index in [1.54, 1.807) is 30.3 Å². The number of rotatable bonds is 4. The maximum Gasteiger partial charge on any atom is 0.411 e. The standard InChI is InChI=1S/C19H18ClN3O3/c1-11(21-14-4-3-5-15(10-14)22-19(25)26-2)16-9-12-8-13(20)6-7-17(12)23-18(16)24/h3-11,21H,1-2H3,(H,22,25)(H,23,24). The van der Waals surface area contributed by atoms with E-state index in [1.165, 1.54) is 7.11 Å². The number of carbonyl (C=O) groups is 1. The van der Waals surface area contributed by atoms with Crippen molar-refractivity contribution in [3.8, 4) is 0 Å². The molecule has 0 radical (unpaired) electrons. The third-order valence-electron chi connectivity index (χ3n) is 3.98. The van der Waals surface area contributed by atoms with E-state index in [1.807, 2.05) is 25.1 Å². The highest BCUT2D eigenvalue weighted by Gasteiger charge is 2.12. The molecule has 134 valence electrons. The molecular weight excluding hydrogens is 354 g/mol. The molecule has 1 aromatic heterocycles. The van der Waals surface area contributed by atoms with Gasteiger partial charge in [0.15, 0.2) is 0 Å². The van der Waals surface area contributed by atoms with Gasteiger partial charge in [0.1, 0.15) is 0 Å². The van der Waals surface area contributed by atoms with Crippen LogP contribution in [0.5, 0.6) is 0 Å². The van der Waals surface area contributed by atoms with Crippen molar-refractivity contribution in [3.05, 3.63) is 69.5 Å². The zero-order chi connectivity index (χ0) is 18.7. The first-order valence-electron chi connectivity index (χ1n) is 8.00. The Bertz CT molecular complexity index is 1020. The molecule has 26 heavy (non-hydrogen) atoms. The Morgan fingerprint density at radius 2 is 1.92 bits per heavy atom. The lowest BCUT2D eigenvalue weighted by molar-refractivity contribution is 0.187. The molecule has 3 aromatic rings. The van der Waals surface area contributed by atoms with Crippen LogP contribution >= 0.6 is 11.6 Å². The number of anilines is 2. The van der Waals surface area contributed by atoms with Gasteiger partial charge in [0, 0.05) is 32.9 Å². The summed E-state index contributed by atoms with van der Waals surface area (Å²) < 4.78 is 4.58. The van der Waals surface area contributed by atoms with Gasteiger partial charge in [-0.25, -0.2) is 4.79 Å². The van der Waals surface area contributed by atoms with E-state index in [0.29, 0.717) is 16.3 Å². The van der Waals surface area contributed by atoms with Gasteiger partial charge in [-0.3, -0.25) is 10.1 Å². The van der Waals surface area contributed by atoms with Crippen LogP contribution in [0.1, 0.15) is 18.5 Å². The molecule has 1 amide bonds. The zero-order valence-electron chi connectivity index (χ0n) is 14.3. The molecule has 0 spiro atoms. The predicted octanol–water partition coefficient (Wildman–Crippen LogP) is 4.53. The summed E-state index contributed by atoms with van der Waals surface area (Å²) >= 11 is 6.04. The van der Waals surface area contributed by atoms with Crippen LogP contribution in [0.4, 0.5) is 16.2 Å². The summed E-state index contributed by atoms with van der Waals surface area (Å²) in [7, 11) is 1.30. The van der Waals surface area contributed by atoms with Crippen LogP contribution in [0.2, 0.25) is 5.02 Å². The minimum absolute atomic E-state index is 0.163. The summed E-state index contributed by atoms with van der Waals surface area (Å²) in [5.41, 5.74) is 2.51. The molecule has 7 heteroatoms. The monoisotopic (exact) mass is 371 g/mol. The number of carbonyl (C=O) groups excluding carboxylic acids is 1. The van der Waals surface area contributed by atoms with Crippen LogP contribution in [0.25, 0.3) is 10.9 Å². The summed E-state index contributed by atoms with van der Waals surface area (Å²) in [5.74, 6) is 0. The highest BCUT2D eigenvalue weighted by Crippen LogP contribution is 2.23. The molecule has 3 N–H and O–H groups in total. The van der Waals surface area contributed by atoms with Crippen molar-refractivity contribution in [2.24, 2.45) is 0 Å². The Labute approximate surface area is 155 Å². The maximum absolute atomic E-state index is 12.4. The highest BCUT2D eigenvalue weighted by atomic mass is 35.5. The second-order valence-electron chi connectivity index (χ2n) is 5.85. The van der Waals surface area contributed by atoms with Crippen LogP contribution in [-0.4, -0.2) is 18.2 Å². The zero-order valence-corrected chi connectivity index (χ0v) is 15.1. The summed E-state index contributed by atoms with van der Waals surface area (Å²) in [6, 6.07) is 14.1. The molecule has 3 rings (SSSR count). The second kappa shape index (κ2) is 7.49. The number of aromatic amines is 1. The summed E-state index contributed by atoms with van der Waals surface area (Å²) in [5, 5.41) is 7.34. The van der Waals surface area contributed by atoms with Crippen molar-refractivity contribution in [1.29, 1.82) is 0 Å². The predicted molar refractivity (Wildman–Crippen MR) is 104 cm³/mol. The van der Waals surface area contributed by atoms with Crippen LogP contribution in [0, 0.1) is 0 Å². The molecule has 0 saturated heterocycles. The Hall–Kier alpha value is -2.99. The third-order valence-corrected chi connectivity index (χ3v) is 4.21. The minimum Gasteiger partial charge on any atom is -0.453 e. The van der Waals surface area contributed by atoms with E-state index in [2.05, 4.69) is 20.4 Å². The van der Waals surface area contributed by atoms with E-state index in [4.69, 9.17) is 11.6 Å². The maximum atomic E-state index is 12.4. The molecular formula is C19H18ClN3O3. The number of ether oxygens (including phenoxy) is 1. The lowest BCUT2D eigenvalue weighted by atomic mass is 10.1. The van der Waals surface area contributed by atoms with Gasteiger partial charge in [0.05, 0.1) is 13.2 Å². The Morgan fingerprint density at radius 3 is 2.69 bits per heavy atom. The van der Waals surface area contributed by atoms with Crippen LogP contribution < -0.4 is 16.2 Å². The number of benzene rings is 2. The quantitative estimate of drug-likeness (QED) is 0.629. The fourth-order valence-electron chi connectivity index (χ4n) is 2.70. The van der Waals surface area contributed by atoms with Gasteiger partial charge in [-0.15, -0.1) is 0 Å². The molecule has 1 atom stereocenters. The first kappa shape index (κ1) is 17.8. The van der Waals surface area contributed by atoms with Gasteiger partial charge in [-0.1, -0.05) is 17.7 Å². The number of amides is 1. The smallest absolute Gasteiger partial charge is 0.411 e. The fourth-order valence-corrected chi connectivity index (χ4v) is 2.88. The van der Waals surface area contributed by atoms with Gasteiger partial charge in [0.2, 0.25) is 0 Å². The van der Waals surface area contributed by atoms with Gasteiger partial charge >= 0.3 is 6.09 Å². The second-order valence-corrected chi connectivity index (χ2v) is 6.29. The molecule has 1 unspecified atom stereocenters. The molecule has 0 aliphatic carbocycles. The Morgan fingerprint density at radius 1 is 1.15 bits per heavy atom. The van der Waals surface area contributed by atoms with Crippen molar-refractivity contribution in [2.75, 3.05) is 17.7 Å². The Balaban J connectivity index is 1.86. The number of hydrogen-bond donors (Lipinski definition) is 3. The van der Waals surface area contributed by atoms with Gasteiger partial charge < -0.3 is 15.0 Å². The normalized spacial score (nSPS) is 11.8. The van der Waals surface area contributed by atoms with Gasteiger partial charge in [-0.05, 0) is 49.4 Å². The van der Waals surface area contributed by atoms with E-state index in [0.717, 1.165) is 16.6 Å². The average molecular weight is 372 g/mol. The molecule has 0 bridgehead atoms. The number of hydrogen-bond acceptors (Lipinski definition) is 4. The molecule has 0 saturated carbocycles. The molecule has 0 fully saturated rings. The first-order chi connectivity index (χ1) is 12.5. The Kier molecular flexibility index (Phi) is 5.14. The summed E-state index contributed by atoms with van der Waals surface area (Å²) in [6.07, 6.45) is -0.543. The minimum atomic E-state index is -0.543. The highest BCUT2D eigenvalue weighted by molar-refractivity contribution is 6.31. The lowest BCUT2D eigenvalue weighted by Crippen LogP contribution is -2.19. The van der Waals surface area contributed by atoms with Crippen LogP contribution in [-0.2, 0) is 4.74 Å². The third kappa shape index (κ3) is 3.97. The number of nitrogens with one attached hydrogen (secondary N) is 3. The number of fused-ring (bicyclic) bond motifs is 1. The van der Waals surface area contributed by atoms with Crippen molar-refractivity contribution >= 4 is 40.0 Å².